The number of nitrogens with zero attached hydrogens (tertiary/aromatic N) is 3. The fraction of sp³-hybridized carbons (Fsp3) is 0.524. The van der Waals surface area contributed by atoms with Crippen LogP contribution in [0.2, 0.25) is 0 Å². The van der Waals surface area contributed by atoms with E-state index in [0.29, 0.717) is 31.1 Å². The van der Waals surface area contributed by atoms with Crippen LogP contribution in [0.5, 0.6) is 0 Å². The number of amides is 1. The minimum atomic E-state index is -0.606. The molecule has 2 atom stereocenters. The smallest absolute Gasteiger partial charge is 0.407 e. The van der Waals surface area contributed by atoms with Crippen LogP contribution in [0, 0.1) is 12.8 Å². The monoisotopic (exact) mass is 430 g/mol. The fourth-order valence-corrected chi connectivity index (χ4v) is 3.54. The lowest BCUT2D eigenvalue weighted by Crippen LogP contribution is -2.53. The lowest BCUT2D eigenvalue weighted by Gasteiger charge is -2.38. The number of aryl methyl sites for hydroxylation is 1. The summed E-state index contributed by atoms with van der Waals surface area (Å²) in [5.41, 5.74) is 0.398. The second kappa shape index (κ2) is 9.23. The first-order valence-corrected chi connectivity index (χ1v) is 10.2. The van der Waals surface area contributed by atoms with E-state index in [1.54, 1.807) is 12.3 Å². The van der Waals surface area contributed by atoms with Gasteiger partial charge >= 0.3 is 12.1 Å². The third kappa shape index (κ3) is 6.34. The molecule has 0 aliphatic carbocycles. The van der Waals surface area contributed by atoms with Crippen LogP contribution in [0.3, 0.4) is 0 Å². The molecule has 1 aliphatic heterocycles. The van der Waals surface area contributed by atoms with Gasteiger partial charge in [0.15, 0.2) is 0 Å². The highest BCUT2D eigenvalue weighted by Crippen LogP contribution is 2.26. The summed E-state index contributed by atoms with van der Waals surface area (Å²) in [5, 5.41) is 12.8. The highest BCUT2D eigenvalue weighted by molar-refractivity contribution is 5.74. The maximum absolute atomic E-state index is 12.3. The summed E-state index contributed by atoms with van der Waals surface area (Å²) in [6.07, 6.45) is 1.60. The number of alkyl carbamates (subject to hydrolysis) is 1. The molecule has 0 unspecified atom stereocenters. The van der Waals surface area contributed by atoms with E-state index in [1.165, 1.54) is 7.11 Å². The van der Waals surface area contributed by atoms with Crippen LogP contribution in [0.15, 0.2) is 24.4 Å². The molecule has 3 heterocycles. The Labute approximate surface area is 181 Å². The van der Waals surface area contributed by atoms with E-state index in [-0.39, 0.29) is 12.0 Å². The van der Waals surface area contributed by atoms with Gasteiger partial charge in [-0.3, -0.25) is 9.89 Å². The lowest BCUT2D eigenvalue weighted by molar-refractivity contribution is -0.145. The molecule has 2 aromatic heterocycles. The Hall–Kier alpha value is -3.30. The van der Waals surface area contributed by atoms with Gasteiger partial charge in [0.1, 0.15) is 23.1 Å². The van der Waals surface area contributed by atoms with Crippen LogP contribution in [0.25, 0.3) is 0 Å². The van der Waals surface area contributed by atoms with E-state index in [2.05, 4.69) is 20.8 Å². The van der Waals surface area contributed by atoms with Crippen molar-refractivity contribution in [3.05, 3.63) is 30.0 Å². The zero-order valence-corrected chi connectivity index (χ0v) is 18.6. The number of rotatable bonds is 5. The van der Waals surface area contributed by atoms with Crippen molar-refractivity contribution in [2.75, 3.05) is 30.4 Å². The quantitative estimate of drug-likeness (QED) is 0.619. The van der Waals surface area contributed by atoms with Crippen LogP contribution in [-0.2, 0) is 14.3 Å². The molecule has 1 saturated heterocycles. The zero-order valence-electron chi connectivity index (χ0n) is 18.6. The number of hydrogen-bond donors (Lipinski definition) is 3. The third-order valence-electron chi connectivity index (χ3n) is 4.75. The van der Waals surface area contributed by atoms with Gasteiger partial charge in [0.05, 0.1) is 25.3 Å². The van der Waals surface area contributed by atoms with E-state index >= 15 is 0 Å². The number of anilines is 3. The molecule has 3 rings (SSSR count). The Morgan fingerprint density at radius 2 is 2.03 bits per heavy atom. The molecular weight excluding hydrogens is 400 g/mol. The van der Waals surface area contributed by atoms with Crippen LogP contribution in [0.1, 0.15) is 32.8 Å². The molecule has 10 heteroatoms. The van der Waals surface area contributed by atoms with Crippen LogP contribution in [0.4, 0.5) is 22.2 Å². The maximum Gasteiger partial charge on any atom is 0.407 e. The van der Waals surface area contributed by atoms with Gasteiger partial charge in [-0.2, -0.15) is 5.10 Å². The van der Waals surface area contributed by atoms with Crippen molar-refractivity contribution >= 4 is 29.5 Å². The molecule has 31 heavy (non-hydrogen) atoms. The van der Waals surface area contributed by atoms with Crippen molar-refractivity contribution in [1.82, 2.24) is 20.5 Å². The van der Waals surface area contributed by atoms with E-state index in [1.807, 2.05) is 44.7 Å². The van der Waals surface area contributed by atoms with Crippen LogP contribution >= 0.6 is 0 Å². The molecule has 3 N–H and O–H groups in total. The van der Waals surface area contributed by atoms with E-state index < -0.39 is 17.6 Å². The first kappa shape index (κ1) is 22.4. The Kier molecular flexibility index (Phi) is 6.67. The number of piperidine rings is 1. The van der Waals surface area contributed by atoms with Gasteiger partial charge in [-0.05, 0) is 51.8 Å². The molecule has 1 aliphatic rings. The van der Waals surface area contributed by atoms with Crippen LogP contribution < -0.4 is 15.5 Å². The molecule has 1 amide bonds. The fourth-order valence-electron chi connectivity index (χ4n) is 3.54. The number of carbonyl (C=O) groups is 2. The van der Waals surface area contributed by atoms with Gasteiger partial charge in [-0.15, -0.1) is 0 Å². The number of methoxy groups -OCH3 is 1. The summed E-state index contributed by atoms with van der Waals surface area (Å²) >= 11 is 0. The normalized spacial score (nSPS) is 18.9. The molecular formula is C21H30N6O4. The summed E-state index contributed by atoms with van der Waals surface area (Å²) in [6.45, 7) is 8.33. The number of esters is 1. The SMILES string of the molecule is COC(=O)[C@@H]1C[C@H](NC(=O)OC(C)(C)C)CN(c2cc(C)cc(Nc3ccn[nH]3)n2)C1. The topological polar surface area (TPSA) is 121 Å². The average molecular weight is 431 g/mol. The third-order valence-corrected chi connectivity index (χ3v) is 4.75. The van der Waals surface area contributed by atoms with Gasteiger partial charge in [0, 0.05) is 19.2 Å². The number of pyridine rings is 1. The number of aromatic nitrogens is 3. The van der Waals surface area contributed by atoms with Gasteiger partial charge in [0.2, 0.25) is 0 Å². The van der Waals surface area contributed by atoms with Crippen molar-refractivity contribution in [3.8, 4) is 0 Å². The van der Waals surface area contributed by atoms with Crippen molar-refractivity contribution in [2.45, 2.75) is 45.8 Å². The summed E-state index contributed by atoms with van der Waals surface area (Å²) in [6, 6.07) is 5.38. The van der Waals surface area contributed by atoms with E-state index in [0.717, 1.165) is 11.4 Å². The van der Waals surface area contributed by atoms with Gasteiger partial charge in [0.25, 0.3) is 0 Å². The van der Waals surface area contributed by atoms with Gasteiger partial charge in [-0.25, -0.2) is 9.78 Å². The molecule has 0 bridgehead atoms. The van der Waals surface area contributed by atoms with E-state index in [9.17, 15) is 9.59 Å². The highest BCUT2D eigenvalue weighted by Gasteiger charge is 2.34. The number of hydrogen-bond acceptors (Lipinski definition) is 8. The summed E-state index contributed by atoms with van der Waals surface area (Å²) in [7, 11) is 1.37. The first-order chi connectivity index (χ1) is 14.6. The van der Waals surface area contributed by atoms with Crippen molar-refractivity contribution in [3.63, 3.8) is 0 Å². The Bertz CT molecular complexity index is 909. The first-order valence-electron chi connectivity index (χ1n) is 10.2. The molecule has 168 valence electrons. The Balaban J connectivity index is 1.80. The zero-order chi connectivity index (χ0) is 22.6. The summed E-state index contributed by atoms with van der Waals surface area (Å²) in [5.74, 6) is 1.36. The minimum absolute atomic E-state index is 0.293. The number of carbonyl (C=O) groups excluding carboxylic acids is 2. The molecule has 2 aromatic rings. The maximum atomic E-state index is 12.3. The molecule has 10 nitrogen and oxygen atoms in total. The number of nitrogens with one attached hydrogen (secondary N) is 3. The minimum Gasteiger partial charge on any atom is -0.469 e. The largest absolute Gasteiger partial charge is 0.469 e. The van der Waals surface area contributed by atoms with E-state index in [4.69, 9.17) is 14.5 Å². The molecule has 0 radical (unpaired) electrons. The number of aromatic amines is 1. The van der Waals surface area contributed by atoms with Gasteiger partial charge < -0.3 is 25.0 Å². The second-order valence-electron chi connectivity index (χ2n) is 8.69. The van der Waals surface area contributed by atoms with Crippen molar-refractivity contribution in [1.29, 1.82) is 0 Å². The summed E-state index contributed by atoms with van der Waals surface area (Å²) < 4.78 is 10.4. The molecule has 0 saturated carbocycles. The standard InChI is InChI=1S/C21H30N6O4/c1-13-8-17(24-16-6-7-22-26-16)25-18(9-13)27-11-14(19(28)30-5)10-15(12-27)23-20(29)31-21(2,3)4/h6-9,14-15H,10-12H2,1-5H3,(H,23,29)(H2,22,24,25,26)/t14-,15+/m1/s1. The average Bonchev–Trinajstić information content (AvgIpc) is 3.18. The predicted octanol–water partition coefficient (Wildman–Crippen LogP) is 2.75. The van der Waals surface area contributed by atoms with Crippen molar-refractivity contribution in [2.24, 2.45) is 5.92 Å². The molecule has 1 fully saturated rings. The molecule has 0 spiro atoms. The van der Waals surface area contributed by atoms with Gasteiger partial charge in [-0.1, -0.05) is 0 Å². The summed E-state index contributed by atoms with van der Waals surface area (Å²) in [4.78, 5) is 31.3. The Morgan fingerprint density at radius 1 is 1.26 bits per heavy atom. The second-order valence-corrected chi connectivity index (χ2v) is 8.69. The predicted molar refractivity (Wildman–Crippen MR) is 116 cm³/mol. The molecule has 0 aromatic carbocycles. The lowest BCUT2D eigenvalue weighted by atomic mass is 9.94. The van der Waals surface area contributed by atoms with Crippen LogP contribution in [-0.4, -0.2) is 59.1 Å². The number of H-pyrrole nitrogens is 1. The number of ether oxygens (including phenoxy) is 2. The van der Waals surface area contributed by atoms with Crippen molar-refractivity contribution < 1.29 is 19.1 Å². The highest BCUT2D eigenvalue weighted by atomic mass is 16.6. The Morgan fingerprint density at radius 3 is 2.68 bits per heavy atom.